The van der Waals surface area contributed by atoms with E-state index in [4.69, 9.17) is 9.84 Å². The van der Waals surface area contributed by atoms with Crippen LogP contribution in [0.15, 0.2) is 0 Å². The molecule has 0 spiro atoms. The number of nitrogens with zero attached hydrogens (tertiary/aromatic N) is 1. The van der Waals surface area contributed by atoms with E-state index in [-0.39, 0.29) is 12.1 Å². The highest BCUT2D eigenvalue weighted by atomic mass is 16.5. The van der Waals surface area contributed by atoms with Crippen molar-refractivity contribution in [3.63, 3.8) is 0 Å². The van der Waals surface area contributed by atoms with Crippen LogP contribution in [0, 0.1) is 0 Å². The number of nitrogens with one attached hydrogen (secondary N) is 1. The second kappa shape index (κ2) is 7.20. The Morgan fingerprint density at radius 2 is 2.22 bits per heavy atom. The molecule has 104 valence electrons. The Kier molecular flexibility index (Phi) is 5.91. The number of carboxylic acid groups (broad SMARTS) is 1. The minimum Gasteiger partial charge on any atom is -0.480 e. The Morgan fingerprint density at radius 1 is 1.50 bits per heavy atom. The molecule has 1 unspecified atom stereocenters. The highest BCUT2D eigenvalue weighted by Crippen LogP contribution is 2.13. The minimum absolute atomic E-state index is 0.0689. The summed E-state index contributed by atoms with van der Waals surface area (Å²) in [6.07, 6.45) is 3.58. The van der Waals surface area contributed by atoms with Crippen molar-refractivity contribution in [2.24, 2.45) is 0 Å². The average molecular weight is 258 g/mol. The lowest BCUT2D eigenvalue weighted by Gasteiger charge is -2.28. The zero-order valence-electron chi connectivity index (χ0n) is 11.0. The molecule has 6 heteroatoms. The predicted octanol–water partition coefficient (Wildman–Crippen LogP) is 1.06. The minimum atomic E-state index is -1.01. The van der Waals surface area contributed by atoms with Gasteiger partial charge in [-0.1, -0.05) is 6.92 Å². The Balaban J connectivity index is 2.37. The first kappa shape index (κ1) is 14.8. The third-order valence-electron chi connectivity index (χ3n) is 3.10. The van der Waals surface area contributed by atoms with Crippen LogP contribution in [0.25, 0.3) is 0 Å². The largest absolute Gasteiger partial charge is 0.480 e. The molecule has 0 aromatic heterocycles. The Bertz CT molecular complexity index is 290. The second-order valence-corrected chi connectivity index (χ2v) is 4.62. The molecular weight excluding hydrogens is 236 g/mol. The molecule has 2 atom stereocenters. The molecule has 1 rings (SSSR count). The van der Waals surface area contributed by atoms with E-state index in [0.29, 0.717) is 13.0 Å². The highest BCUT2D eigenvalue weighted by molar-refractivity contribution is 5.82. The van der Waals surface area contributed by atoms with E-state index in [0.717, 1.165) is 25.9 Å². The van der Waals surface area contributed by atoms with E-state index in [1.165, 1.54) is 4.90 Å². The van der Waals surface area contributed by atoms with Gasteiger partial charge in [0.2, 0.25) is 0 Å². The van der Waals surface area contributed by atoms with Crippen molar-refractivity contribution in [3.8, 4) is 0 Å². The zero-order valence-corrected chi connectivity index (χ0v) is 11.0. The topological polar surface area (TPSA) is 78.9 Å². The summed E-state index contributed by atoms with van der Waals surface area (Å²) < 4.78 is 5.54. The molecule has 2 N–H and O–H groups in total. The van der Waals surface area contributed by atoms with Crippen LogP contribution >= 0.6 is 0 Å². The molecule has 0 bridgehead atoms. The van der Waals surface area contributed by atoms with Crippen LogP contribution in [0.1, 0.15) is 32.6 Å². The van der Waals surface area contributed by atoms with Crippen LogP contribution in [0.2, 0.25) is 0 Å². The number of carbonyl (C=O) groups is 2. The van der Waals surface area contributed by atoms with Crippen LogP contribution in [0.3, 0.4) is 0 Å². The fourth-order valence-electron chi connectivity index (χ4n) is 1.94. The number of carbonyl (C=O) groups excluding carboxylic acids is 1. The summed E-state index contributed by atoms with van der Waals surface area (Å²) in [4.78, 5) is 24.1. The van der Waals surface area contributed by atoms with Gasteiger partial charge >= 0.3 is 12.0 Å². The van der Waals surface area contributed by atoms with E-state index in [1.807, 2.05) is 0 Å². The monoisotopic (exact) mass is 258 g/mol. The molecule has 1 saturated heterocycles. The molecule has 18 heavy (non-hydrogen) atoms. The van der Waals surface area contributed by atoms with Crippen LogP contribution in [-0.4, -0.2) is 54.4 Å². The summed E-state index contributed by atoms with van der Waals surface area (Å²) in [5, 5.41) is 11.4. The smallest absolute Gasteiger partial charge is 0.326 e. The molecule has 0 aromatic rings. The maximum absolute atomic E-state index is 11.8. The van der Waals surface area contributed by atoms with Crippen molar-refractivity contribution in [2.45, 2.75) is 44.8 Å². The number of rotatable bonds is 5. The van der Waals surface area contributed by atoms with Gasteiger partial charge in [0.15, 0.2) is 0 Å². The molecule has 1 aliphatic rings. The average Bonchev–Trinajstić information content (AvgIpc) is 2.36. The number of urea groups is 1. The van der Waals surface area contributed by atoms with Crippen LogP contribution < -0.4 is 5.32 Å². The van der Waals surface area contributed by atoms with E-state index < -0.39 is 12.0 Å². The van der Waals surface area contributed by atoms with Gasteiger partial charge < -0.3 is 20.1 Å². The Labute approximate surface area is 107 Å². The summed E-state index contributed by atoms with van der Waals surface area (Å²) in [5.41, 5.74) is 0. The summed E-state index contributed by atoms with van der Waals surface area (Å²) in [6.45, 7) is 2.97. The number of ether oxygens (including phenoxy) is 1. The highest BCUT2D eigenvalue weighted by Gasteiger charge is 2.22. The van der Waals surface area contributed by atoms with Crippen molar-refractivity contribution in [1.82, 2.24) is 10.2 Å². The third-order valence-corrected chi connectivity index (χ3v) is 3.10. The van der Waals surface area contributed by atoms with Gasteiger partial charge in [-0.3, -0.25) is 0 Å². The van der Waals surface area contributed by atoms with Gasteiger partial charge in [0.05, 0.1) is 6.10 Å². The van der Waals surface area contributed by atoms with Gasteiger partial charge in [0, 0.05) is 20.2 Å². The summed E-state index contributed by atoms with van der Waals surface area (Å²) in [6, 6.07) is -1.19. The van der Waals surface area contributed by atoms with Crippen molar-refractivity contribution in [1.29, 1.82) is 0 Å². The first-order valence-electron chi connectivity index (χ1n) is 6.40. The number of likely N-dealkylation sites (N-methyl/N-ethyl adjacent to an activating group) is 1. The maximum Gasteiger partial charge on any atom is 0.326 e. The fourth-order valence-corrected chi connectivity index (χ4v) is 1.94. The lowest BCUT2D eigenvalue weighted by Crippen LogP contribution is -2.48. The van der Waals surface area contributed by atoms with Gasteiger partial charge in [-0.15, -0.1) is 0 Å². The molecule has 1 aliphatic heterocycles. The lowest BCUT2D eigenvalue weighted by atomic mass is 10.1. The van der Waals surface area contributed by atoms with E-state index in [9.17, 15) is 9.59 Å². The molecule has 1 heterocycles. The van der Waals surface area contributed by atoms with E-state index in [2.05, 4.69) is 5.32 Å². The predicted molar refractivity (Wildman–Crippen MR) is 66.5 cm³/mol. The number of amides is 2. The van der Waals surface area contributed by atoms with Gasteiger partial charge in [0.1, 0.15) is 6.04 Å². The molecule has 0 radical (unpaired) electrons. The van der Waals surface area contributed by atoms with Gasteiger partial charge in [-0.05, 0) is 25.7 Å². The second-order valence-electron chi connectivity index (χ2n) is 4.62. The van der Waals surface area contributed by atoms with Crippen LogP contribution in [-0.2, 0) is 9.53 Å². The van der Waals surface area contributed by atoms with Gasteiger partial charge in [0.25, 0.3) is 0 Å². The van der Waals surface area contributed by atoms with Gasteiger partial charge in [-0.25, -0.2) is 9.59 Å². The SMILES string of the molecule is CC[C@H](NC(=O)N(C)CC1CCCCO1)C(=O)O. The van der Waals surface area contributed by atoms with Crippen molar-refractivity contribution in [2.75, 3.05) is 20.2 Å². The molecule has 0 aromatic carbocycles. The van der Waals surface area contributed by atoms with Crippen molar-refractivity contribution >= 4 is 12.0 Å². The number of hydrogen-bond acceptors (Lipinski definition) is 3. The standard InChI is InChI=1S/C12H22N2O4/c1-3-10(11(15)16)13-12(17)14(2)8-9-6-4-5-7-18-9/h9-10H,3-8H2,1-2H3,(H,13,17)(H,15,16)/t9?,10-/m0/s1. The van der Waals surface area contributed by atoms with Crippen molar-refractivity contribution in [3.05, 3.63) is 0 Å². The normalized spacial score (nSPS) is 21.1. The van der Waals surface area contributed by atoms with Crippen LogP contribution in [0.5, 0.6) is 0 Å². The van der Waals surface area contributed by atoms with E-state index >= 15 is 0 Å². The van der Waals surface area contributed by atoms with E-state index in [1.54, 1.807) is 14.0 Å². The molecule has 0 saturated carbocycles. The first-order chi connectivity index (χ1) is 8.54. The maximum atomic E-state index is 11.8. The number of aliphatic carboxylic acids is 1. The summed E-state index contributed by atoms with van der Waals surface area (Å²) >= 11 is 0. The van der Waals surface area contributed by atoms with Crippen LogP contribution in [0.4, 0.5) is 4.79 Å². The zero-order chi connectivity index (χ0) is 13.5. The third kappa shape index (κ3) is 4.52. The lowest BCUT2D eigenvalue weighted by molar-refractivity contribution is -0.139. The molecule has 6 nitrogen and oxygen atoms in total. The first-order valence-corrected chi connectivity index (χ1v) is 6.40. The fraction of sp³-hybridized carbons (Fsp3) is 0.833. The van der Waals surface area contributed by atoms with Gasteiger partial charge in [-0.2, -0.15) is 0 Å². The summed E-state index contributed by atoms with van der Waals surface area (Å²) in [7, 11) is 1.65. The van der Waals surface area contributed by atoms with Crippen molar-refractivity contribution < 1.29 is 19.4 Å². The molecule has 2 amide bonds. The molecule has 1 fully saturated rings. The summed E-state index contributed by atoms with van der Waals surface area (Å²) in [5.74, 6) is -1.01. The Hall–Kier alpha value is -1.30. The number of carboxylic acids is 1. The quantitative estimate of drug-likeness (QED) is 0.773. The molecule has 0 aliphatic carbocycles. The Morgan fingerprint density at radius 3 is 2.72 bits per heavy atom. The molecular formula is C12H22N2O4. The number of hydrogen-bond donors (Lipinski definition) is 2.